The third-order valence-electron chi connectivity index (χ3n) is 3.40. The molecule has 106 valence electrons. The molecule has 0 aromatic heterocycles. The molecule has 1 aromatic carbocycles. The molecule has 2 N–H and O–H groups in total. The Hall–Kier alpha value is -1.26. The van der Waals surface area contributed by atoms with Crippen LogP contribution < -0.4 is 9.47 Å². The van der Waals surface area contributed by atoms with Crippen molar-refractivity contribution < 1.29 is 19.7 Å². The van der Waals surface area contributed by atoms with E-state index in [1.807, 2.05) is 0 Å². The van der Waals surface area contributed by atoms with E-state index in [-0.39, 0.29) is 13.2 Å². The third kappa shape index (κ3) is 3.85. The fourth-order valence-corrected chi connectivity index (χ4v) is 2.35. The van der Waals surface area contributed by atoms with E-state index in [0.29, 0.717) is 6.79 Å². The van der Waals surface area contributed by atoms with Crippen molar-refractivity contribution in [2.24, 2.45) is 0 Å². The van der Waals surface area contributed by atoms with Crippen molar-refractivity contribution in [3.8, 4) is 11.5 Å². The molecule has 0 saturated heterocycles. The topological polar surface area (TPSA) is 58.9 Å². The molecule has 2 rings (SSSR count). The maximum absolute atomic E-state index is 8.87. The first kappa shape index (κ1) is 14.2. The van der Waals surface area contributed by atoms with E-state index in [1.54, 1.807) is 0 Å². The van der Waals surface area contributed by atoms with Crippen LogP contribution in [0.15, 0.2) is 12.1 Å². The van der Waals surface area contributed by atoms with Crippen molar-refractivity contribution in [2.45, 2.75) is 38.5 Å². The number of ether oxygens (including phenoxy) is 2. The number of rotatable bonds is 8. The molecule has 4 nitrogen and oxygen atoms in total. The minimum Gasteiger partial charge on any atom is -0.454 e. The number of hydrogen-bond acceptors (Lipinski definition) is 4. The summed E-state index contributed by atoms with van der Waals surface area (Å²) in [6.45, 7) is 0.778. The van der Waals surface area contributed by atoms with E-state index in [2.05, 4.69) is 12.1 Å². The highest BCUT2D eigenvalue weighted by atomic mass is 16.7. The summed E-state index contributed by atoms with van der Waals surface area (Å²) in [7, 11) is 0. The molecule has 1 aliphatic heterocycles. The van der Waals surface area contributed by atoms with Crippen molar-refractivity contribution in [2.75, 3.05) is 20.0 Å². The van der Waals surface area contributed by atoms with Gasteiger partial charge in [0.15, 0.2) is 11.5 Å². The minimum absolute atomic E-state index is 0.240. The first-order chi connectivity index (χ1) is 9.35. The minimum atomic E-state index is 0.240. The van der Waals surface area contributed by atoms with Gasteiger partial charge in [0.25, 0.3) is 0 Å². The van der Waals surface area contributed by atoms with E-state index < -0.39 is 0 Å². The predicted molar refractivity (Wildman–Crippen MR) is 72.6 cm³/mol. The Morgan fingerprint density at radius 3 is 1.68 bits per heavy atom. The molecule has 4 heteroatoms. The molecule has 0 spiro atoms. The van der Waals surface area contributed by atoms with Crippen LogP contribution in [0.5, 0.6) is 11.5 Å². The zero-order valence-corrected chi connectivity index (χ0v) is 11.2. The van der Waals surface area contributed by atoms with Gasteiger partial charge in [0.05, 0.1) is 0 Å². The second kappa shape index (κ2) is 7.36. The van der Waals surface area contributed by atoms with Gasteiger partial charge in [0.2, 0.25) is 6.79 Å². The molecule has 0 saturated carbocycles. The van der Waals surface area contributed by atoms with Crippen LogP contribution in [0, 0.1) is 0 Å². The van der Waals surface area contributed by atoms with Crippen LogP contribution in [0.3, 0.4) is 0 Å². The molecule has 0 fully saturated rings. The molecule has 19 heavy (non-hydrogen) atoms. The molecule has 0 amide bonds. The molecule has 0 unspecified atom stereocenters. The Morgan fingerprint density at radius 1 is 0.789 bits per heavy atom. The lowest BCUT2D eigenvalue weighted by Crippen LogP contribution is -1.97. The monoisotopic (exact) mass is 266 g/mol. The lowest BCUT2D eigenvalue weighted by atomic mass is 9.97. The summed E-state index contributed by atoms with van der Waals surface area (Å²) in [6, 6.07) is 4.13. The zero-order chi connectivity index (χ0) is 13.5. The fraction of sp³-hybridized carbons (Fsp3) is 0.600. The number of aliphatic hydroxyl groups excluding tert-OH is 2. The van der Waals surface area contributed by atoms with E-state index in [4.69, 9.17) is 19.7 Å². The van der Waals surface area contributed by atoms with Crippen molar-refractivity contribution >= 4 is 0 Å². The smallest absolute Gasteiger partial charge is 0.231 e. The van der Waals surface area contributed by atoms with Gasteiger partial charge in [0, 0.05) is 13.2 Å². The quantitative estimate of drug-likeness (QED) is 0.707. The average Bonchev–Trinajstić information content (AvgIpc) is 2.86. The van der Waals surface area contributed by atoms with Crippen LogP contribution in [0.25, 0.3) is 0 Å². The van der Waals surface area contributed by atoms with Crippen molar-refractivity contribution in [1.82, 2.24) is 0 Å². The van der Waals surface area contributed by atoms with E-state index in [1.165, 1.54) is 11.1 Å². The van der Waals surface area contributed by atoms with E-state index in [0.717, 1.165) is 50.0 Å². The van der Waals surface area contributed by atoms with Crippen LogP contribution in [-0.4, -0.2) is 30.2 Å². The number of aliphatic hydroxyl groups is 2. The maximum Gasteiger partial charge on any atom is 0.231 e. The fourth-order valence-electron chi connectivity index (χ4n) is 2.35. The largest absolute Gasteiger partial charge is 0.454 e. The highest BCUT2D eigenvalue weighted by Crippen LogP contribution is 2.35. The SMILES string of the molecule is OCCCCc1cc2c(cc1CCCCO)OCO2. The molecule has 0 aliphatic carbocycles. The third-order valence-corrected chi connectivity index (χ3v) is 3.40. The lowest BCUT2D eigenvalue weighted by molar-refractivity contribution is 0.174. The Kier molecular flexibility index (Phi) is 5.48. The molecule has 0 bridgehead atoms. The van der Waals surface area contributed by atoms with Gasteiger partial charge in [-0.25, -0.2) is 0 Å². The van der Waals surface area contributed by atoms with Gasteiger partial charge in [0.1, 0.15) is 0 Å². The Labute approximate surface area is 114 Å². The average molecular weight is 266 g/mol. The van der Waals surface area contributed by atoms with Crippen LogP contribution in [0.2, 0.25) is 0 Å². The summed E-state index contributed by atoms with van der Waals surface area (Å²) in [5.74, 6) is 1.65. The molecule has 1 aliphatic rings. The summed E-state index contributed by atoms with van der Waals surface area (Å²) in [4.78, 5) is 0. The molecular formula is C15H22O4. The highest BCUT2D eigenvalue weighted by molar-refractivity contribution is 5.48. The predicted octanol–water partition coefficient (Wildman–Crippen LogP) is 2.05. The first-order valence-corrected chi connectivity index (χ1v) is 6.98. The van der Waals surface area contributed by atoms with Gasteiger partial charge in [-0.1, -0.05) is 0 Å². The summed E-state index contributed by atoms with van der Waals surface area (Å²) >= 11 is 0. The second-order valence-electron chi connectivity index (χ2n) is 4.84. The maximum atomic E-state index is 8.87. The second-order valence-corrected chi connectivity index (χ2v) is 4.84. The van der Waals surface area contributed by atoms with Gasteiger partial charge in [-0.15, -0.1) is 0 Å². The zero-order valence-electron chi connectivity index (χ0n) is 11.2. The Bertz CT molecular complexity index is 366. The molecule has 1 heterocycles. The molecule has 0 radical (unpaired) electrons. The number of aryl methyl sites for hydroxylation is 2. The Morgan fingerprint density at radius 2 is 1.26 bits per heavy atom. The number of benzene rings is 1. The van der Waals surface area contributed by atoms with E-state index >= 15 is 0 Å². The number of fused-ring (bicyclic) bond motifs is 1. The molecule has 0 atom stereocenters. The highest BCUT2D eigenvalue weighted by Gasteiger charge is 2.16. The number of hydrogen-bond donors (Lipinski definition) is 2. The van der Waals surface area contributed by atoms with Gasteiger partial charge in [-0.05, 0) is 61.8 Å². The van der Waals surface area contributed by atoms with Gasteiger partial charge >= 0.3 is 0 Å². The van der Waals surface area contributed by atoms with Crippen LogP contribution >= 0.6 is 0 Å². The summed E-state index contributed by atoms with van der Waals surface area (Å²) in [5, 5.41) is 17.7. The van der Waals surface area contributed by atoms with Crippen molar-refractivity contribution in [1.29, 1.82) is 0 Å². The standard InChI is InChI=1S/C15H22O4/c16-7-3-1-5-12-9-14-15(19-11-18-14)10-13(12)6-2-4-8-17/h9-10,16-17H,1-8,11H2. The summed E-state index contributed by atoms with van der Waals surface area (Å²) < 4.78 is 10.8. The summed E-state index contributed by atoms with van der Waals surface area (Å²) in [5.41, 5.74) is 2.55. The first-order valence-electron chi connectivity index (χ1n) is 6.98. The van der Waals surface area contributed by atoms with Gasteiger partial charge < -0.3 is 19.7 Å². The molecular weight excluding hydrogens is 244 g/mol. The van der Waals surface area contributed by atoms with Crippen LogP contribution in [-0.2, 0) is 12.8 Å². The van der Waals surface area contributed by atoms with Gasteiger partial charge in [-0.3, -0.25) is 0 Å². The Balaban J connectivity index is 2.07. The lowest BCUT2D eigenvalue weighted by Gasteiger charge is -2.11. The molecule has 1 aromatic rings. The normalized spacial score (nSPS) is 12.9. The number of unbranched alkanes of at least 4 members (excludes halogenated alkanes) is 2. The van der Waals surface area contributed by atoms with Crippen molar-refractivity contribution in [3.05, 3.63) is 23.3 Å². The van der Waals surface area contributed by atoms with Crippen molar-refractivity contribution in [3.63, 3.8) is 0 Å². The van der Waals surface area contributed by atoms with Crippen LogP contribution in [0.1, 0.15) is 36.8 Å². The van der Waals surface area contributed by atoms with Gasteiger partial charge in [-0.2, -0.15) is 0 Å². The van der Waals surface area contributed by atoms with Crippen LogP contribution in [0.4, 0.5) is 0 Å². The summed E-state index contributed by atoms with van der Waals surface area (Å²) in [6.07, 6.45) is 5.50. The van der Waals surface area contributed by atoms with E-state index in [9.17, 15) is 0 Å².